The van der Waals surface area contributed by atoms with Gasteiger partial charge in [-0.15, -0.1) is 0 Å². The van der Waals surface area contributed by atoms with E-state index in [0.29, 0.717) is 17.3 Å². The first-order valence-electron chi connectivity index (χ1n) is 5.91. The Bertz CT molecular complexity index is 428. The van der Waals surface area contributed by atoms with Gasteiger partial charge >= 0.3 is 0 Å². The Labute approximate surface area is 106 Å². The molecule has 2 atom stereocenters. The molecular formula is C12H17ClN2O2. The summed E-state index contributed by atoms with van der Waals surface area (Å²) in [5.74, 6) is 0.195. The molecule has 1 aromatic rings. The lowest BCUT2D eigenvalue weighted by Crippen LogP contribution is -2.28. The van der Waals surface area contributed by atoms with E-state index < -0.39 is 0 Å². The number of aromatic nitrogens is 2. The summed E-state index contributed by atoms with van der Waals surface area (Å²) in [6.07, 6.45) is 2.07. The number of nitrogens with zero attached hydrogens (tertiary/aromatic N) is 2. The van der Waals surface area contributed by atoms with Crippen molar-refractivity contribution in [3.63, 3.8) is 0 Å². The summed E-state index contributed by atoms with van der Waals surface area (Å²) in [6, 6.07) is 0.109. The second kappa shape index (κ2) is 4.78. The number of carbonyl (C=O) groups is 1. The lowest BCUT2D eigenvalue weighted by atomic mass is 9.99. The van der Waals surface area contributed by atoms with Crippen LogP contribution in [0.25, 0.3) is 0 Å². The van der Waals surface area contributed by atoms with Crippen LogP contribution in [0.4, 0.5) is 0 Å². The van der Waals surface area contributed by atoms with Crippen molar-refractivity contribution >= 4 is 17.4 Å². The van der Waals surface area contributed by atoms with Crippen LogP contribution in [0.2, 0.25) is 5.02 Å². The molecule has 0 N–H and O–H groups in total. The molecule has 0 saturated carbocycles. The van der Waals surface area contributed by atoms with Gasteiger partial charge in [0.05, 0.1) is 11.2 Å². The van der Waals surface area contributed by atoms with Crippen molar-refractivity contribution < 1.29 is 9.53 Å². The van der Waals surface area contributed by atoms with E-state index in [4.69, 9.17) is 16.3 Å². The van der Waals surface area contributed by atoms with E-state index in [1.807, 2.05) is 20.8 Å². The van der Waals surface area contributed by atoms with E-state index in [9.17, 15) is 4.79 Å². The lowest BCUT2D eigenvalue weighted by molar-refractivity contribution is 0.0567. The summed E-state index contributed by atoms with van der Waals surface area (Å²) in [5, 5.41) is 4.55. The Morgan fingerprint density at radius 1 is 1.65 bits per heavy atom. The van der Waals surface area contributed by atoms with Gasteiger partial charge in [-0.3, -0.25) is 9.48 Å². The topological polar surface area (TPSA) is 44.1 Å². The predicted molar refractivity (Wildman–Crippen MR) is 65.5 cm³/mol. The van der Waals surface area contributed by atoms with Gasteiger partial charge in [0.1, 0.15) is 11.8 Å². The average molecular weight is 257 g/mol. The molecule has 0 aromatic carbocycles. The normalized spacial score (nSPS) is 24.5. The minimum atomic E-state index is -0.373. The van der Waals surface area contributed by atoms with Crippen molar-refractivity contribution in [3.05, 3.63) is 16.9 Å². The van der Waals surface area contributed by atoms with Crippen molar-refractivity contribution in [2.45, 2.75) is 39.3 Å². The zero-order chi connectivity index (χ0) is 12.6. The van der Waals surface area contributed by atoms with Gasteiger partial charge < -0.3 is 4.74 Å². The molecule has 2 rings (SSSR count). The smallest absolute Gasteiger partial charge is 0.211 e. The standard InChI is InChI=1S/C12H17ClN2O2/c1-7(2)15-10(9(13)6-14-15)11(16)12-8(3)4-5-17-12/h6-8,12H,4-5H2,1-3H3. The van der Waals surface area contributed by atoms with Crippen LogP contribution in [0.15, 0.2) is 6.20 Å². The molecule has 0 aliphatic carbocycles. The Balaban J connectivity index is 2.33. The van der Waals surface area contributed by atoms with Gasteiger partial charge in [0, 0.05) is 12.6 Å². The van der Waals surface area contributed by atoms with Gasteiger partial charge in [-0.05, 0) is 26.2 Å². The third kappa shape index (κ3) is 2.24. The molecule has 0 amide bonds. The molecule has 4 nitrogen and oxygen atoms in total. The van der Waals surface area contributed by atoms with E-state index in [-0.39, 0.29) is 23.8 Å². The lowest BCUT2D eigenvalue weighted by Gasteiger charge is -2.16. The number of rotatable bonds is 3. The van der Waals surface area contributed by atoms with E-state index in [2.05, 4.69) is 5.10 Å². The predicted octanol–water partition coefficient (Wildman–Crippen LogP) is 2.73. The number of hydrogen-bond donors (Lipinski definition) is 0. The van der Waals surface area contributed by atoms with Gasteiger partial charge in [-0.1, -0.05) is 18.5 Å². The SMILES string of the molecule is CC1CCOC1C(=O)c1c(Cl)cnn1C(C)C. The van der Waals surface area contributed by atoms with Crippen LogP contribution in [0, 0.1) is 5.92 Å². The highest BCUT2D eigenvalue weighted by Crippen LogP contribution is 2.27. The maximum absolute atomic E-state index is 12.4. The molecule has 2 heterocycles. The Kier molecular flexibility index (Phi) is 3.54. The van der Waals surface area contributed by atoms with Crippen molar-refractivity contribution in [1.29, 1.82) is 0 Å². The molecule has 0 spiro atoms. The molecule has 0 bridgehead atoms. The van der Waals surface area contributed by atoms with Crippen LogP contribution in [-0.4, -0.2) is 28.3 Å². The number of ether oxygens (including phenoxy) is 1. The fourth-order valence-electron chi connectivity index (χ4n) is 2.13. The average Bonchev–Trinajstić information content (AvgIpc) is 2.83. The van der Waals surface area contributed by atoms with E-state index in [1.54, 1.807) is 4.68 Å². The molecule has 1 fully saturated rings. The van der Waals surface area contributed by atoms with Gasteiger partial charge in [0.2, 0.25) is 5.78 Å². The number of carbonyl (C=O) groups excluding carboxylic acids is 1. The number of Topliss-reactive ketones (excluding diaryl/α,β-unsaturated/α-hetero) is 1. The molecule has 0 radical (unpaired) electrons. The van der Waals surface area contributed by atoms with Gasteiger partial charge in [0.15, 0.2) is 0 Å². The third-order valence-electron chi connectivity index (χ3n) is 3.12. The van der Waals surface area contributed by atoms with Crippen molar-refractivity contribution in [3.8, 4) is 0 Å². The summed E-state index contributed by atoms with van der Waals surface area (Å²) < 4.78 is 7.16. The fraction of sp³-hybridized carbons (Fsp3) is 0.667. The van der Waals surface area contributed by atoms with E-state index >= 15 is 0 Å². The molecule has 94 valence electrons. The molecule has 2 unspecified atom stereocenters. The highest BCUT2D eigenvalue weighted by molar-refractivity contribution is 6.33. The quantitative estimate of drug-likeness (QED) is 0.781. The van der Waals surface area contributed by atoms with Crippen LogP contribution >= 0.6 is 11.6 Å². The maximum atomic E-state index is 12.4. The Hall–Kier alpha value is -0.870. The van der Waals surface area contributed by atoms with Crippen LogP contribution in [0.3, 0.4) is 0 Å². The minimum Gasteiger partial charge on any atom is -0.370 e. The molecule has 1 aliphatic heterocycles. The summed E-state index contributed by atoms with van der Waals surface area (Å²) in [7, 11) is 0. The number of ketones is 1. The first kappa shape index (κ1) is 12.6. The number of halogens is 1. The Morgan fingerprint density at radius 2 is 2.35 bits per heavy atom. The van der Waals surface area contributed by atoms with Gasteiger partial charge in [-0.25, -0.2) is 0 Å². The highest BCUT2D eigenvalue weighted by Gasteiger charge is 2.34. The summed E-state index contributed by atoms with van der Waals surface area (Å²) in [4.78, 5) is 12.4. The first-order valence-corrected chi connectivity index (χ1v) is 6.29. The molecule has 5 heteroatoms. The van der Waals surface area contributed by atoms with Crippen LogP contribution in [0.5, 0.6) is 0 Å². The zero-order valence-corrected chi connectivity index (χ0v) is 11.1. The minimum absolute atomic E-state index is 0.0498. The summed E-state index contributed by atoms with van der Waals surface area (Å²) in [6.45, 7) is 6.61. The monoisotopic (exact) mass is 256 g/mol. The zero-order valence-electron chi connectivity index (χ0n) is 10.3. The van der Waals surface area contributed by atoms with Crippen molar-refractivity contribution in [2.75, 3.05) is 6.61 Å². The second-order valence-corrected chi connectivity index (χ2v) is 5.21. The maximum Gasteiger partial charge on any atom is 0.211 e. The molecule has 1 saturated heterocycles. The molecule has 17 heavy (non-hydrogen) atoms. The van der Waals surface area contributed by atoms with Gasteiger partial charge in [0.25, 0.3) is 0 Å². The summed E-state index contributed by atoms with van der Waals surface area (Å²) >= 11 is 6.05. The first-order chi connectivity index (χ1) is 8.02. The largest absolute Gasteiger partial charge is 0.370 e. The van der Waals surface area contributed by atoms with E-state index in [0.717, 1.165) is 6.42 Å². The van der Waals surface area contributed by atoms with Crippen molar-refractivity contribution in [1.82, 2.24) is 9.78 Å². The summed E-state index contributed by atoms with van der Waals surface area (Å²) in [5.41, 5.74) is 0.473. The number of hydrogen-bond acceptors (Lipinski definition) is 3. The highest BCUT2D eigenvalue weighted by atomic mass is 35.5. The third-order valence-corrected chi connectivity index (χ3v) is 3.40. The molecule has 1 aromatic heterocycles. The molecular weight excluding hydrogens is 240 g/mol. The van der Waals surface area contributed by atoms with Crippen LogP contribution in [-0.2, 0) is 4.74 Å². The van der Waals surface area contributed by atoms with Crippen molar-refractivity contribution in [2.24, 2.45) is 5.92 Å². The van der Waals surface area contributed by atoms with Crippen LogP contribution < -0.4 is 0 Å². The molecule has 1 aliphatic rings. The fourth-order valence-corrected chi connectivity index (χ4v) is 2.35. The van der Waals surface area contributed by atoms with Gasteiger partial charge in [-0.2, -0.15) is 5.10 Å². The Morgan fingerprint density at radius 3 is 2.88 bits per heavy atom. The second-order valence-electron chi connectivity index (χ2n) is 4.80. The van der Waals surface area contributed by atoms with Crippen LogP contribution in [0.1, 0.15) is 43.7 Å². The van der Waals surface area contributed by atoms with E-state index in [1.165, 1.54) is 6.20 Å².